The number of rotatable bonds is 7. The van der Waals surface area contributed by atoms with E-state index in [-0.39, 0.29) is 51.0 Å². The minimum Gasteiger partial charge on any atom is -1.00 e. The molecule has 3 aromatic rings. The number of halogens is 2. The first kappa shape index (κ1) is 25.5. The molecule has 3 rings (SSSR count). The van der Waals surface area contributed by atoms with E-state index in [0.29, 0.717) is 0 Å². The monoisotopic (exact) mass is 463 g/mol. The summed E-state index contributed by atoms with van der Waals surface area (Å²) in [6.45, 7) is 4.49. The third kappa shape index (κ3) is 6.29. The Kier molecular flexibility index (Phi) is 12.6. The van der Waals surface area contributed by atoms with Crippen LogP contribution in [-0.2, 0) is 39.0 Å². The van der Waals surface area contributed by atoms with Gasteiger partial charge in [-0.1, -0.05) is 69.0 Å². The van der Waals surface area contributed by atoms with Gasteiger partial charge in [0.2, 0.25) is 0 Å². The SMILES string of the molecule is CCCCCCc1ccc(-c2cccc3[cH-]c(CC)cc23)cc1.[Cl-].[Cl-].[Zr+3]. The van der Waals surface area contributed by atoms with Gasteiger partial charge in [0, 0.05) is 0 Å². The summed E-state index contributed by atoms with van der Waals surface area (Å²) in [4.78, 5) is 0. The van der Waals surface area contributed by atoms with E-state index in [1.54, 1.807) is 0 Å². The Morgan fingerprint density at radius 1 is 0.846 bits per heavy atom. The molecule has 0 unspecified atom stereocenters. The molecule has 0 spiro atoms. The second-order valence-corrected chi connectivity index (χ2v) is 6.53. The van der Waals surface area contributed by atoms with Gasteiger partial charge in [-0.3, -0.25) is 0 Å². The van der Waals surface area contributed by atoms with E-state index in [0.717, 1.165) is 6.42 Å². The molecule has 0 amide bonds. The van der Waals surface area contributed by atoms with E-state index in [2.05, 4.69) is 68.4 Å². The van der Waals surface area contributed by atoms with Crippen molar-refractivity contribution >= 4 is 10.8 Å². The number of hydrogen-bond acceptors (Lipinski definition) is 0. The van der Waals surface area contributed by atoms with Crippen LogP contribution in [0, 0.1) is 0 Å². The Hall–Kier alpha value is -0.487. The third-order valence-corrected chi connectivity index (χ3v) is 4.80. The summed E-state index contributed by atoms with van der Waals surface area (Å²) in [5.41, 5.74) is 5.59. The molecular weight excluding hydrogens is 438 g/mol. The first-order valence-electron chi connectivity index (χ1n) is 9.09. The van der Waals surface area contributed by atoms with Gasteiger partial charge in [-0.2, -0.15) is 6.07 Å². The average molecular weight is 466 g/mol. The minimum absolute atomic E-state index is 0. The Balaban J connectivity index is 0.00000208. The molecule has 0 saturated heterocycles. The smallest absolute Gasteiger partial charge is 1.00 e. The van der Waals surface area contributed by atoms with Crippen LogP contribution >= 0.6 is 0 Å². The molecule has 0 aliphatic rings. The largest absolute Gasteiger partial charge is 3.00 e. The molecule has 0 aliphatic heterocycles. The van der Waals surface area contributed by atoms with Crippen LogP contribution in [0.15, 0.2) is 54.6 Å². The van der Waals surface area contributed by atoms with Crippen LogP contribution in [0.5, 0.6) is 0 Å². The van der Waals surface area contributed by atoms with Gasteiger partial charge in [-0.15, -0.1) is 34.5 Å². The van der Waals surface area contributed by atoms with Crippen LogP contribution in [0.3, 0.4) is 0 Å². The number of benzene rings is 2. The Morgan fingerprint density at radius 3 is 2.23 bits per heavy atom. The van der Waals surface area contributed by atoms with Crippen molar-refractivity contribution in [1.82, 2.24) is 0 Å². The minimum atomic E-state index is 0. The molecule has 0 nitrogen and oxygen atoms in total. The summed E-state index contributed by atoms with van der Waals surface area (Å²) in [5, 5.41) is 2.75. The fraction of sp³-hybridized carbons (Fsp3) is 0.348. The molecule has 0 heterocycles. The van der Waals surface area contributed by atoms with Crippen molar-refractivity contribution in [2.45, 2.75) is 52.4 Å². The maximum absolute atomic E-state index is 2.35. The quantitative estimate of drug-likeness (QED) is 0.360. The molecule has 0 bridgehead atoms. The van der Waals surface area contributed by atoms with Crippen LogP contribution in [-0.4, -0.2) is 0 Å². The fourth-order valence-corrected chi connectivity index (χ4v) is 3.36. The molecule has 0 N–H and O–H groups in total. The first-order chi connectivity index (χ1) is 11.3. The molecule has 1 radical (unpaired) electrons. The number of unbranched alkanes of at least 4 members (excludes halogenated alkanes) is 3. The maximum Gasteiger partial charge on any atom is 3.00 e. The van der Waals surface area contributed by atoms with Crippen LogP contribution in [0.1, 0.15) is 50.7 Å². The third-order valence-electron chi connectivity index (χ3n) is 4.80. The molecule has 0 saturated carbocycles. The first-order valence-corrected chi connectivity index (χ1v) is 9.09. The van der Waals surface area contributed by atoms with Crippen molar-refractivity contribution in [3.8, 4) is 11.1 Å². The summed E-state index contributed by atoms with van der Waals surface area (Å²) in [6, 6.07) is 20.5. The van der Waals surface area contributed by atoms with E-state index < -0.39 is 0 Å². The van der Waals surface area contributed by atoms with Crippen molar-refractivity contribution in [3.05, 3.63) is 65.7 Å². The van der Waals surface area contributed by atoms with Gasteiger partial charge >= 0.3 is 26.2 Å². The summed E-state index contributed by atoms with van der Waals surface area (Å²) >= 11 is 0. The zero-order valence-electron chi connectivity index (χ0n) is 15.7. The summed E-state index contributed by atoms with van der Waals surface area (Å²) in [7, 11) is 0. The van der Waals surface area contributed by atoms with E-state index in [1.165, 1.54) is 65.1 Å². The molecule has 0 aliphatic carbocycles. The molecule has 3 aromatic carbocycles. The molecule has 0 aromatic heterocycles. The second kappa shape index (κ2) is 12.8. The van der Waals surface area contributed by atoms with Gasteiger partial charge in [-0.05, 0) is 30.4 Å². The summed E-state index contributed by atoms with van der Waals surface area (Å²) in [6.07, 6.45) is 7.64. The van der Waals surface area contributed by atoms with Gasteiger partial charge in [0.1, 0.15) is 0 Å². The Labute approximate surface area is 190 Å². The average Bonchev–Trinajstić information content (AvgIpc) is 3.03. The maximum atomic E-state index is 2.35. The second-order valence-electron chi connectivity index (χ2n) is 6.53. The zero-order chi connectivity index (χ0) is 16.1. The summed E-state index contributed by atoms with van der Waals surface area (Å²) < 4.78 is 0. The summed E-state index contributed by atoms with van der Waals surface area (Å²) in [5.74, 6) is 0. The van der Waals surface area contributed by atoms with Gasteiger partial charge in [0.15, 0.2) is 0 Å². The van der Waals surface area contributed by atoms with Gasteiger partial charge in [0.05, 0.1) is 0 Å². The molecule has 3 heteroatoms. The van der Waals surface area contributed by atoms with E-state index >= 15 is 0 Å². The topological polar surface area (TPSA) is 0 Å². The standard InChI is InChI=1S/C23H27.2ClH.Zr/c1-3-5-6-7-9-19-12-14-20(15-13-19)22-11-8-10-21-16-18(4-2)17-23(21)22;;;/h8,10-17H,3-7,9H2,1-2H3;2*1H;/q-1;;;+3/p-2. The normalized spacial score (nSPS) is 9.92. The van der Waals surface area contributed by atoms with Crippen molar-refractivity contribution in [2.24, 2.45) is 0 Å². The fourth-order valence-electron chi connectivity index (χ4n) is 3.36. The molecular formula is C23H27Cl2Zr. The molecule has 26 heavy (non-hydrogen) atoms. The number of hydrogen-bond donors (Lipinski definition) is 0. The van der Waals surface area contributed by atoms with Gasteiger partial charge in [0.25, 0.3) is 0 Å². The predicted molar refractivity (Wildman–Crippen MR) is 102 cm³/mol. The molecule has 0 atom stereocenters. The van der Waals surface area contributed by atoms with E-state index in [9.17, 15) is 0 Å². The Bertz CT molecular complexity index is 759. The van der Waals surface area contributed by atoms with Gasteiger partial charge < -0.3 is 24.8 Å². The van der Waals surface area contributed by atoms with Crippen LogP contribution in [0.25, 0.3) is 21.9 Å². The number of fused-ring (bicyclic) bond motifs is 1. The Morgan fingerprint density at radius 2 is 1.58 bits per heavy atom. The van der Waals surface area contributed by atoms with Crippen LogP contribution in [0.2, 0.25) is 0 Å². The van der Waals surface area contributed by atoms with Crippen LogP contribution < -0.4 is 24.8 Å². The molecule has 0 fully saturated rings. The van der Waals surface area contributed by atoms with E-state index in [4.69, 9.17) is 0 Å². The molecule has 137 valence electrons. The van der Waals surface area contributed by atoms with Crippen molar-refractivity contribution in [2.75, 3.05) is 0 Å². The van der Waals surface area contributed by atoms with E-state index in [1.807, 2.05) is 0 Å². The van der Waals surface area contributed by atoms with Gasteiger partial charge in [-0.25, -0.2) is 0 Å². The zero-order valence-corrected chi connectivity index (χ0v) is 19.7. The van der Waals surface area contributed by atoms with Crippen LogP contribution in [0.4, 0.5) is 0 Å². The van der Waals surface area contributed by atoms with Crippen molar-refractivity contribution in [3.63, 3.8) is 0 Å². The number of aryl methyl sites for hydroxylation is 2. The van der Waals surface area contributed by atoms with Crippen molar-refractivity contribution in [1.29, 1.82) is 0 Å². The predicted octanol–water partition coefficient (Wildman–Crippen LogP) is 0.916. The van der Waals surface area contributed by atoms with Crippen molar-refractivity contribution < 1.29 is 51.0 Å².